The van der Waals surface area contributed by atoms with E-state index in [4.69, 9.17) is 16.3 Å². The van der Waals surface area contributed by atoms with E-state index in [1.807, 2.05) is 24.3 Å². The summed E-state index contributed by atoms with van der Waals surface area (Å²) in [6, 6.07) is 14.3. The number of carbonyl (C=O) groups excluding carboxylic acids is 3. The molecule has 0 saturated heterocycles. The van der Waals surface area contributed by atoms with Gasteiger partial charge in [0.05, 0.1) is 0 Å². The molecule has 2 aromatic rings. The average Bonchev–Trinajstić information content (AvgIpc) is 2.71. The molecule has 170 valence electrons. The highest BCUT2D eigenvalue weighted by atomic mass is 35.5. The molecule has 0 saturated carbocycles. The lowest BCUT2D eigenvalue weighted by Gasteiger charge is -2.19. The van der Waals surface area contributed by atoms with Gasteiger partial charge >= 0.3 is 6.09 Å². The third kappa shape index (κ3) is 9.66. The topological polar surface area (TPSA) is 96.5 Å². The van der Waals surface area contributed by atoms with Crippen LogP contribution in [0.5, 0.6) is 0 Å². The molecule has 2 aromatic carbocycles. The second-order valence-electron chi connectivity index (χ2n) is 7.99. The molecule has 0 aromatic heterocycles. The van der Waals surface area contributed by atoms with Crippen LogP contribution in [0.4, 0.5) is 10.5 Å². The summed E-state index contributed by atoms with van der Waals surface area (Å²) >= 11 is 5.86. The second-order valence-corrected chi connectivity index (χ2v) is 8.42. The highest BCUT2D eigenvalue weighted by Crippen LogP contribution is 2.15. The molecule has 7 nitrogen and oxygen atoms in total. The van der Waals surface area contributed by atoms with Crippen molar-refractivity contribution in [2.45, 2.75) is 39.3 Å². The molecule has 0 aliphatic carbocycles. The zero-order valence-electron chi connectivity index (χ0n) is 18.4. The van der Waals surface area contributed by atoms with Crippen molar-refractivity contribution < 1.29 is 19.1 Å². The van der Waals surface area contributed by atoms with Gasteiger partial charge in [-0.2, -0.15) is 0 Å². The molecule has 0 spiro atoms. The lowest BCUT2D eigenvalue weighted by Crippen LogP contribution is -2.35. The zero-order chi connectivity index (χ0) is 23.6. The second kappa shape index (κ2) is 11.9. The summed E-state index contributed by atoms with van der Waals surface area (Å²) in [4.78, 5) is 36.0. The first kappa shape index (κ1) is 24.9. The smallest absolute Gasteiger partial charge is 0.407 e. The molecule has 32 heavy (non-hydrogen) atoms. The van der Waals surface area contributed by atoms with Crippen molar-refractivity contribution in [2.75, 3.05) is 11.9 Å². The van der Waals surface area contributed by atoms with Crippen molar-refractivity contribution in [1.82, 2.24) is 10.6 Å². The van der Waals surface area contributed by atoms with Crippen molar-refractivity contribution in [2.24, 2.45) is 0 Å². The van der Waals surface area contributed by atoms with E-state index in [1.165, 1.54) is 6.08 Å². The number of nitrogens with one attached hydrogen (secondary N) is 3. The molecule has 3 N–H and O–H groups in total. The summed E-state index contributed by atoms with van der Waals surface area (Å²) in [5.41, 5.74) is 1.62. The van der Waals surface area contributed by atoms with Crippen molar-refractivity contribution in [3.05, 3.63) is 70.8 Å². The highest BCUT2D eigenvalue weighted by molar-refractivity contribution is 6.30. The maximum absolute atomic E-state index is 12.3. The predicted molar refractivity (Wildman–Crippen MR) is 126 cm³/mol. The number of amides is 3. The first-order valence-electron chi connectivity index (χ1n) is 10.2. The fraction of sp³-hybridized carbons (Fsp3) is 0.292. The molecular weight excluding hydrogens is 430 g/mol. The minimum atomic E-state index is -0.593. The molecule has 0 aliphatic heterocycles. The quantitative estimate of drug-likeness (QED) is 0.507. The Hall–Kier alpha value is -3.32. The van der Waals surface area contributed by atoms with Crippen LogP contribution in [0.1, 0.15) is 38.3 Å². The first-order valence-corrected chi connectivity index (χ1v) is 10.6. The van der Waals surface area contributed by atoms with Gasteiger partial charge < -0.3 is 20.7 Å². The number of hydrogen-bond acceptors (Lipinski definition) is 4. The van der Waals surface area contributed by atoms with E-state index >= 15 is 0 Å². The van der Waals surface area contributed by atoms with Gasteiger partial charge in [0.2, 0.25) is 11.8 Å². The molecule has 0 aliphatic rings. The standard InChI is InChI=1S/C24H28ClN3O4/c1-24(2,3)32-23(31)26-15-14-21(29)27-16-18-6-4-5-7-20(18)28-22(30)13-10-17-8-11-19(25)12-9-17/h4-13H,14-16H2,1-3H3,(H,26,31)(H,27,29)(H,28,30)/b13-10+. The van der Waals surface area contributed by atoms with E-state index in [9.17, 15) is 14.4 Å². The Morgan fingerprint density at radius 1 is 1.00 bits per heavy atom. The Kier molecular flexibility index (Phi) is 9.28. The SMILES string of the molecule is CC(C)(C)OC(=O)NCCC(=O)NCc1ccccc1NC(=O)/C=C/c1ccc(Cl)cc1. The lowest BCUT2D eigenvalue weighted by atomic mass is 10.1. The zero-order valence-corrected chi connectivity index (χ0v) is 19.2. The molecule has 0 fully saturated rings. The number of benzene rings is 2. The number of carbonyl (C=O) groups is 3. The number of rotatable bonds is 8. The molecular formula is C24H28ClN3O4. The van der Waals surface area contributed by atoms with Crippen LogP contribution < -0.4 is 16.0 Å². The average molecular weight is 458 g/mol. The summed E-state index contributed by atoms with van der Waals surface area (Å²) in [5, 5.41) is 8.77. The molecule has 0 heterocycles. The van der Waals surface area contributed by atoms with Gasteiger partial charge in [0, 0.05) is 36.3 Å². The third-order valence-corrected chi connectivity index (χ3v) is 4.32. The van der Waals surface area contributed by atoms with E-state index in [1.54, 1.807) is 51.1 Å². The Bertz CT molecular complexity index is 966. The van der Waals surface area contributed by atoms with Gasteiger partial charge in [-0.05, 0) is 56.2 Å². The fourth-order valence-corrected chi connectivity index (χ4v) is 2.72. The largest absolute Gasteiger partial charge is 0.444 e. The van der Waals surface area contributed by atoms with E-state index in [-0.39, 0.29) is 31.3 Å². The normalized spacial score (nSPS) is 11.1. The monoisotopic (exact) mass is 457 g/mol. The molecule has 8 heteroatoms. The minimum Gasteiger partial charge on any atom is -0.444 e. The van der Waals surface area contributed by atoms with Gasteiger partial charge in [0.1, 0.15) is 5.60 Å². The number of para-hydroxylation sites is 1. The first-order chi connectivity index (χ1) is 15.1. The molecule has 3 amide bonds. The van der Waals surface area contributed by atoms with Crippen LogP contribution in [0.2, 0.25) is 5.02 Å². The van der Waals surface area contributed by atoms with Gasteiger partial charge in [0.25, 0.3) is 0 Å². The van der Waals surface area contributed by atoms with Crippen molar-refractivity contribution in [3.8, 4) is 0 Å². The maximum Gasteiger partial charge on any atom is 0.407 e. The van der Waals surface area contributed by atoms with Crippen LogP contribution in [-0.2, 0) is 20.9 Å². The van der Waals surface area contributed by atoms with Crippen LogP contribution in [0.15, 0.2) is 54.6 Å². The molecule has 0 atom stereocenters. The van der Waals surface area contributed by atoms with Gasteiger partial charge in [-0.25, -0.2) is 4.79 Å². The van der Waals surface area contributed by atoms with Crippen molar-refractivity contribution >= 4 is 41.3 Å². The molecule has 0 bridgehead atoms. The van der Waals surface area contributed by atoms with Crippen LogP contribution >= 0.6 is 11.6 Å². The Balaban J connectivity index is 1.82. The Labute approximate surface area is 193 Å². The van der Waals surface area contributed by atoms with E-state index in [2.05, 4.69) is 16.0 Å². The van der Waals surface area contributed by atoms with Gasteiger partial charge in [0.15, 0.2) is 0 Å². The lowest BCUT2D eigenvalue weighted by molar-refractivity contribution is -0.121. The summed E-state index contributed by atoms with van der Waals surface area (Å²) < 4.78 is 5.12. The molecule has 0 radical (unpaired) electrons. The van der Waals surface area contributed by atoms with Crippen LogP contribution in [0.3, 0.4) is 0 Å². The van der Waals surface area contributed by atoms with E-state index in [0.29, 0.717) is 10.7 Å². The number of halogens is 1. The Morgan fingerprint density at radius 2 is 1.69 bits per heavy atom. The van der Waals surface area contributed by atoms with Gasteiger partial charge in [-0.15, -0.1) is 0 Å². The molecule has 2 rings (SSSR count). The Morgan fingerprint density at radius 3 is 2.38 bits per heavy atom. The number of anilines is 1. The van der Waals surface area contributed by atoms with Gasteiger partial charge in [-0.1, -0.05) is 41.9 Å². The fourth-order valence-electron chi connectivity index (χ4n) is 2.59. The minimum absolute atomic E-state index is 0.109. The number of ether oxygens (including phenoxy) is 1. The number of hydrogen-bond donors (Lipinski definition) is 3. The summed E-state index contributed by atoms with van der Waals surface area (Å²) in [6.07, 6.45) is 2.66. The van der Waals surface area contributed by atoms with E-state index < -0.39 is 11.7 Å². The maximum atomic E-state index is 12.3. The predicted octanol–water partition coefficient (Wildman–Crippen LogP) is 4.52. The van der Waals surface area contributed by atoms with Gasteiger partial charge in [-0.3, -0.25) is 9.59 Å². The summed E-state index contributed by atoms with van der Waals surface area (Å²) in [7, 11) is 0. The molecule has 0 unspecified atom stereocenters. The van der Waals surface area contributed by atoms with Crippen LogP contribution in [0, 0.1) is 0 Å². The van der Waals surface area contributed by atoms with E-state index in [0.717, 1.165) is 11.1 Å². The number of alkyl carbamates (subject to hydrolysis) is 1. The highest BCUT2D eigenvalue weighted by Gasteiger charge is 2.16. The van der Waals surface area contributed by atoms with Crippen LogP contribution in [0.25, 0.3) is 6.08 Å². The summed E-state index contributed by atoms with van der Waals surface area (Å²) in [6.45, 7) is 5.70. The third-order valence-electron chi connectivity index (χ3n) is 4.07. The van der Waals surface area contributed by atoms with Crippen molar-refractivity contribution in [1.29, 1.82) is 0 Å². The summed E-state index contributed by atoms with van der Waals surface area (Å²) in [5.74, 6) is -0.523. The van der Waals surface area contributed by atoms with Crippen molar-refractivity contribution in [3.63, 3.8) is 0 Å². The van der Waals surface area contributed by atoms with Crippen LogP contribution in [-0.4, -0.2) is 30.1 Å².